The lowest BCUT2D eigenvalue weighted by Crippen LogP contribution is -2.49. The lowest BCUT2D eigenvalue weighted by molar-refractivity contribution is -0.386. The van der Waals surface area contributed by atoms with E-state index in [0.717, 1.165) is 6.33 Å². The molecule has 214 valence electrons. The lowest BCUT2D eigenvalue weighted by Gasteiger charge is -2.39. The average molecular weight is 622 g/mol. The van der Waals surface area contributed by atoms with Crippen LogP contribution in [0, 0.1) is 10.1 Å². The molecule has 2 aromatic heterocycles. The molecule has 1 saturated heterocycles. The number of nitrogens with zero attached hydrogens (tertiary/aromatic N) is 5. The number of aromatic nitrogens is 4. The Hall–Kier alpha value is -2.92. The quantitative estimate of drug-likeness (QED) is 0.115. The predicted octanol–water partition coefficient (Wildman–Crippen LogP) is 1.35. The van der Waals surface area contributed by atoms with Crippen LogP contribution in [0.2, 0.25) is 0 Å². The van der Waals surface area contributed by atoms with Crippen LogP contribution in [0.4, 0.5) is 11.5 Å². The van der Waals surface area contributed by atoms with Crippen LogP contribution in [-0.4, -0.2) is 69.4 Å². The third-order valence-corrected chi connectivity index (χ3v) is 9.22. The van der Waals surface area contributed by atoms with Crippen molar-refractivity contribution < 1.29 is 56.5 Å². The van der Waals surface area contributed by atoms with Gasteiger partial charge in [-0.05, 0) is 0 Å². The van der Waals surface area contributed by atoms with E-state index in [1.54, 1.807) is 0 Å². The zero-order valence-electron chi connectivity index (χ0n) is 20.1. The molecular formula is C18H21N6O13P3+2. The number of hydrogen-bond donors (Lipinski definition) is 5. The summed E-state index contributed by atoms with van der Waals surface area (Å²) in [5, 5.41) is 34.1. The fraction of sp³-hybridized carbons (Fsp3) is 0.389. The molecule has 1 aliphatic rings. The Balaban J connectivity index is 1.74. The number of nitrogens with two attached hydrogens (primary N) is 1. The Labute approximate surface area is 225 Å². The number of imidazole rings is 1. The number of para-hydroxylation sites is 1. The van der Waals surface area contributed by atoms with E-state index in [4.69, 9.17) is 19.9 Å². The second-order valence-corrected chi connectivity index (χ2v) is 11.7. The maximum Gasteiger partial charge on any atom is 0.708 e. The van der Waals surface area contributed by atoms with Crippen molar-refractivity contribution in [1.82, 2.24) is 19.5 Å². The highest BCUT2D eigenvalue weighted by Crippen LogP contribution is 2.57. The van der Waals surface area contributed by atoms with Gasteiger partial charge >= 0.3 is 24.3 Å². The van der Waals surface area contributed by atoms with Crippen LogP contribution in [0.25, 0.3) is 11.2 Å². The number of hydrogen-bond acceptors (Lipinski definition) is 15. The SMILES string of the molecule is CC(c1ccccc1[N+](=O)[O-])[C@@]1(n2cnc3c(N)ncnc32)O[C@H](CO[P+](=O)OP(=O)(O)O[P+](=O)O)[C@@H](O)[C@H]1O. The molecule has 0 aliphatic carbocycles. The van der Waals surface area contributed by atoms with Crippen LogP contribution < -0.4 is 5.73 Å². The van der Waals surface area contributed by atoms with Gasteiger partial charge in [-0.2, -0.15) is 0 Å². The van der Waals surface area contributed by atoms with Crippen molar-refractivity contribution in [2.24, 2.45) is 0 Å². The van der Waals surface area contributed by atoms with Gasteiger partial charge in [-0.15, -0.1) is 9.42 Å². The maximum atomic E-state index is 12.1. The molecule has 0 radical (unpaired) electrons. The van der Waals surface area contributed by atoms with E-state index in [-0.39, 0.29) is 28.2 Å². The molecule has 6 N–H and O–H groups in total. The molecule has 0 bridgehead atoms. The standard InChI is InChI=1S/C18H19N6O13P3/c1-9(10-4-2-3-5-11(10)24(27)28)18(23-8-22-13-16(19)20-7-21-17(13)23)15(26)14(25)12(35-18)6-34-39(31)37-40(32,33)36-38(29)30/h2-5,7-9,12,14-15,25-26H,6H2,1H3,(H2-2,19,20,21,29,30,32,33)/p+2/t9?,12-,14-,15-,18-/m1/s1. The van der Waals surface area contributed by atoms with E-state index in [0.29, 0.717) is 0 Å². The highest BCUT2D eigenvalue weighted by Gasteiger charge is 2.61. The van der Waals surface area contributed by atoms with E-state index >= 15 is 0 Å². The average Bonchev–Trinajstić information content (AvgIpc) is 3.42. The number of phosphoric acid groups is 1. The molecule has 19 nitrogen and oxygen atoms in total. The van der Waals surface area contributed by atoms with Crippen molar-refractivity contribution in [2.75, 3.05) is 12.3 Å². The molecule has 3 heterocycles. The molecule has 22 heteroatoms. The normalized spacial score (nSPS) is 25.9. The van der Waals surface area contributed by atoms with Crippen LogP contribution in [0.3, 0.4) is 0 Å². The van der Waals surface area contributed by atoms with Crippen LogP contribution in [-0.2, 0) is 37.3 Å². The van der Waals surface area contributed by atoms with Gasteiger partial charge in [0.15, 0.2) is 17.2 Å². The van der Waals surface area contributed by atoms with Crippen LogP contribution in [0.5, 0.6) is 0 Å². The Bertz CT molecular complexity index is 1520. The molecule has 1 fully saturated rings. The zero-order chi connectivity index (χ0) is 29.4. The number of nitrogen functional groups attached to an aromatic ring is 1. The smallest absolute Gasteiger partial charge is 0.387 e. The van der Waals surface area contributed by atoms with Crippen molar-refractivity contribution in [3.05, 3.63) is 52.6 Å². The molecule has 40 heavy (non-hydrogen) atoms. The summed E-state index contributed by atoms with van der Waals surface area (Å²) >= 11 is 0. The first-order valence-electron chi connectivity index (χ1n) is 11.0. The minimum absolute atomic E-state index is 0.0282. The number of fused-ring (bicyclic) bond motifs is 1. The molecule has 8 atom stereocenters. The second kappa shape index (κ2) is 11.5. The number of nitro benzene ring substituents is 1. The third kappa shape index (κ3) is 5.63. The predicted molar refractivity (Wildman–Crippen MR) is 131 cm³/mol. The second-order valence-electron chi connectivity index (χ2n) is 8.32. The van der Waals surface area contributed by atoms with E-state index in [1.807, 2.05) is 0 Å². The fourth-order valence-corrected chi connectivity index (χ4v) is 6.65. The number of nitro groups is 1. The molecule has 0 spiro atoms. The number of benzene rings is 1. The molecule has 1 aliphatic heterocycles. The largest absolute Gasteiger partial charge is 0.708 e. The molecule has 0 saturated carbocycles. The summed E-state index contributed by atoms with van der Waals surface area (Å²) in [7, 11) is -12.3. The number of aliphatic hydroxyl groups excluding tert-OH is 2. The molecular weight excluding hydrogens is 601 g/mol. The molecule has 4 rings (SSSR count). The fourth-order valence-electron chi connectivity index (χ4n) is 4.43. The summed E-state index contributed by atoms with van der Waals surface area (Å²) in [5.74, 6) is -1.13. The summed E-state index contributed by atoms with van der Waals surface area (Å²) in [6.45, 7) is 0.657. The lowest BCUT2D eigenvalue weighted by atomic mass is 9.84. The van der Waals surface area contributed by atoms with Gasteiger partial charge in [-0.3, -0.25) is 19.6 Å². The van der Waals surface area contributed by atoms with Gasteiger partial charge in [0, 0.05) is 35.3 Å². The van der Waals surface area contributed by atoms with Gasteiger partial charge < -0.3 is 20.7 Å². The number of rotatable bonds is 11. The van der Waals surface area contributed by atoms with Crippen molar-refractivity contribution in [3.8, 4) is 0 Å². The van der Waals surface area contributed by atoms with E-state index in [1.165, 1.54) is 42.1 Å². The topological polar surface area (TPSA) is 282 Å². The van der Waals surface area contributed by atoms with Gasteiger partial charge in [0.25, 0.3) is 5.69 Å². The first-order valence-corrected chi connectivity index (χ1v) is 14.7. The summed E-state index contributed by atoms with van der Waals surface area (Å²) in [6, 6.07) is 5.62. The van der Waals surface area contributed by atoms with Crippen LogP contribution in [0.15, 0.2) is 36.9 Å². The third-order valence-electron chi connectivity index (χ3n) is 6.11. The van der Waals surface area contributed by atoms with E-state index in [9.17, 15) is 38.9 Å². The number of aliphatic hydroxyl groups is 2. The Morgan fingerprint density at radius 2 is 1.98 bits per heavy atom. The van der Waals surface area contributed by atoms with Gasteiger partial charge in [-0.1, -0.05) is 25.1 Å². The molecule has 1 aromatic carbocycles. The minimum Gasteiger partial charge on any atom is -0.387 e. The van der Waals surface area contributed by atoms with Gasteiger partial charge in [0.1, 0.15) is 36.8 Å². The maximum absolute atomic E-state index is 12.1. The van der Waals surface area contributed by atoms with Crippen molar-refractivity contribution in [2.45, 2.75) is 36.9 Å². The Morgan fingerprint density at radius 3 is 2.65 bits per heavy atom. The highest BCUT2D eigenvalue weighted by atomic mass is 31.3. The number of ether oxygens (including phenoxy) is 1. The summed E-state index contributed by atoms with van der Waals surface area (Å²) in [4.78, 5) is 41.2. The molecule has 3 aromatic rings. The summed E-state index contributed by atoms with van der Waals surface area (Å²) in [6.07, 6.45) is -2.88. The van der Waals surface area contributed by atoms with E-state index < -0.39 is 65.8 Å². The summed E-state index contributed by atoms with van der Waals surface area (Å²) < 4.78 is 54.3. The van der Waals surface area contributed by atoms with Gasteiger partial charge in [0.2, 0.25) is 0 Å². The zero-order valence-corrected chi connectivity index (χ0v) is 22.8. The van der Waals surface area contributed by atoms with Crippen molar-refractivity contribution in [1.29, 1.82) is 0 Å². The van der Waals surface area contributed by atoms with Gasteiger partial charge in [0.05, 0.1) is 11.3 Å². The Kier molecular flexibility index (Phi) is 8.65. The van der Waals surface area contributed by atoms with Gasteiger partial charge in [-0.25, -0.2) is 19.5 Å². The molecule has 0 amide bonds. The first-order chi connectivity index (χ1) is 18.8. The first kappa shape index (κ1) is 30.0. The van der Waals surface area contributed by atoms with E-state index in [2.05, 4.69) is 23.6 Å². The van der Waals surface area contributed by atoms with Crippen molar-refractivity contribution >= 4 is 47.0 Å². The summed E-state index contributed by atoms with van der Waals surface area (Å²) in [5.41, 5.74) is 3.73. The van der Waals surface area contributed by atoms with Crippen molar-refractivity contribution in [3.63, 3.8) is 0 Å². The number of anilines is 1. The highest BCUT2D eigenvalue weighted by molar-refractivity contribution is 7.61. The Morgan fingerprint density at radius 1 is 1.27 bits per heavy atom. The van der Waals surface area contributed by atoms with Crippen LogP contribution in [0.1, 0.15) is 18.4 Å². The minimum atomic E-state index is -5.26. The molecule has 4 unspecified atom stereocenters. The van der Waals surface area contributed by atoms with Crippen LogP contribution >= 0.6 is 24.3 Å². The monoisotopic (exact) mass is 622 g/mol.